The SMILES string of the molecule is CC/C=C\C/C=C\C/C=C\C/C=C\C/C=C\C/C=C\C/C=C\C/C=C\C/C=C\C/C=C\CCCCCCCCCCCCC(=O)NC(COP(=O)([O-])OCC[N+](C)(C)C)C(O)C(O)CCC/C=C/CC/C=C/CCCCC. The summed E-state index contributed by atoms with van der Waals surface area (Å²) in [4.78, 5) is 25.5. The van der Waals surface area contributed by atoms with Gasteiger partial charge in [0.05, 0.1) is 39.9 Å². The number of phosphoric acid groups is 1. The molecule has 438 valence electrons. The molecule has 0 aromatic heterocycles. The lowest BCUT2D eigenvalue weighted by molar-refractivity contribution is -0.870. The number of carbonyl (C=O) groups excluding carboxylic acids is 1. The third-order valence-corrected chi connectivity index (χ3v) is 13.6. The van der Waals surface area contributed by atoms with Gasteiger partial charge in [0.15, 0.2) is 0 Å². The van der Waals surface area contributed by atoms with E-state index in [1.807, 2.05) is 21.1 Å². The summed E-state index contributed by atoms with van der Waals surface area (Å²) in [7, 11) is 1.08. The van der Waals surface area contributed by atoms with E-state index in [9.17, 15) is 24.5 Å². The third-order valence-electron chi connectivity index (χ3n) is 12.6. The average molecular weight is 1090 g/mol. The Morgan fingerprint density at radius 3 is 1.25 bits per heavy atom. The second kappa shape index (κ2) is 55.6. The van der Waals surface area contributed by atoms with Crippen LogP contribution in [-0.4, -0.2) is 79.8 Å². The third kappa shape index (κ3) is 56.9. The van der Waals surface area contributed by atoms with Crippen LogP contribution in [0.4, 0.5) is 0 Å². The number of phosphoric ester groups is 1. The molecule has 10 heteroatoms. The van der Waals surface area contributed by atoms with Crippen LogP contribution in [0.15, 0.2) is 146 Å². The van der Waals surface area contributed by atoms with E-state index >= 15 is 0 Å². The molecule has 0 bridgehead atoms. The Labute approximate surface area is 472 Å². The van der Waals surface area contributed by atoms with Crippen molar-refractivity contribution in [3.05, 3.63) is 146 Å². The second-order valence-electron chi connectivity index (χ2n) is 21.1. The van der Waals surface area contributed by atoms with Crippen LogP contribution in [-0.2, 0) is 18.4 Å². The van der Waals surface area contributed by atoms with Crippen molar-refractivity contribution in [1.29, 1.82) is 0 Å². The fourth-order valence-electron chi connectivity index (χ4n) is 7.89. The molecule has 0 radical (unpaired) electrons. The number of nitrogens with zero attached hydrogens (tertiary/aromatic N) is 1. The Hall–Kier alpha value is -3.66. The number of aliphatic hydroxyl groups excluding tert-OH is 2. The highest BCUT2D eigenvalue weighted by Crippen LogP contribution is 2.38. The van der Waals surface area contributed by atoms with Gasteiger partial charge in [0.2, 0.25) is 5.91 Å². The van der Waals surface area contributed by atoms with Gasteiger partial charge in [-0.3, -0.25) is 9.36 Å². The quantitative estimate of drug-likeness (QED) is 0.0239. The first-order valence-corrected chi connectivity index (χ1v) is 31.7. The van der Waals surface area contributed by atoms with Gasteiger partial charge in [-0.15, -0.1) is 0 Å². The number of likely N-dealkylation sites (N-methyl/N-ethyl adjacent to an activating group) is 1. The lowest BCUT2D eigenvalue weighted by Crippen LogP contribution is -2.51. The molecule has 9 nitrogen and oxygen atoms in total. The minimum atomic E-state index is -4.69. The Morgan fingerprint density at radius 2 is 0.831 bits per heavy atom. The molecule has 4 atom stereocenters. The highest BCUT2D eigenvalue weighted by Gasteiger charge is 2.29. The van der Waals surface area contributed by atoms with Crippen LogP contribution in [0.25, 0.3) is 0 Å². The lowest BCUT2D eigenvalue weighted by atomic mass is 10.0. The van der Waals surface area contributed by atoms with Crippen molar-refractivity contribution in [2.45, 2.75) is 231 Å². The van der Waals surface area contributed by atoms with Crippen molar-refractivity contribution in [2.24, 2.45) is 0 Å². The van der Waals surface area contributed by atoms with Gasteiger partial charge in [-0.1, -0.05) is 224 Å². The molecule has 0 rings (SSSR count). The van der Waals surface area contributed by atoms with Gasteiger partial charge in [-0.2, -0.15) is 0 Å². The topological polar surface area (TPSA) is 128 Å². The monoisotopic (exact) mass is 1090 g/mol. The number of unbranched alkanes of at least 4 members (excludes halogenated alkanes) is 15. The Bertz CT molecular complexity index is 1780. The van der Waals surface area contributed by atoms with Gasteiger partial charge in [0, 0.05) is 6.42 Å². The highest BCUT2D eigenvalue weighted by molar-refractivity contribution is 7.45. The number of rotatable bonds is 53. The molecule has 0 aliphatic rings. The van der Waals surface area contributed by atoms with Gasteiger partial charge >= 0.3 is 0 Å². The number of carbonyl (C=O) groups is 1. The van der Waals surface area contributed by atoms with Crippen LogP contribution in [0.2, 0.25) is 0 Å². The van der Waals surface area contributed by atoms with Crippen LogP contribution in [0, 0.1) is 0 Å². The van der Waals surface area contributed by atoms with Crippen LogP contribution in [0.5, 0.6) is 0 Å². The zero-order chi connectivity index (χ0) is 56.4. The fraction of sp³-hybridized carbons (Fsp3) is 0.627. The maximum Gasteiger partial charge on any atom is 0.268 e. The Balaban J connectivity index is 4.15. The van der Waals surface area contributed by atoms with E-state index in [1.54, 1.807) is 0 Å². The van der Waals surface area contributed by atoms with Gasteiger partial charge in [-0.25, -0.2) is 0 Å². The molecule has 0 saturated carbocycles. The van der Waals surface area contributed by atoms with E-state index in [0.29, 0.717) is 30.3 Å². The van der Waals surface area contributed by atoms with E-state index in [4.69, 9.17) is 9.05 Å². The number of allylic oxidation sites excluding steroid dienone is 24. The van der Waals surface area contributed by atoms with Gasteiger partial charge in [0.25, 0.3) is 7.82 Å². The van der Waals surface area contributed by atoms with Crippen molar-refractivity contribution in [2.75, 3.05) is 40.9 Å². The van der Waals surface area contributed by atoms with Crippen LogP contribution in [0.3, 0.4) is 0 Å². The lowest BCUT2D eigenvalue weighted by Gasteiger charge is -2.31. The zero-order valence-corrected chi connectivity index (χ0v) is 50.4. The molecule has 0 fully saturated rings. The number of aliphatic hydroxyl groups is 2. The molecule has 0 spiro atoms. The largest absolute Gasteiger partial charge is 0.756 e. The molecule has 1 amide bonds. The van der Waals surface area contributed by atoms with Gasteiger partial charge in [0.1, 0.15) is 19.3 Å². The number of amides is 1. The number of hydrogen-bond acceptors (Lipinski definition) is 7. The molecule has 3 N–H and O–H groups in total. The fourth-order valence-corrected chi connectivity index (χ4v) is 8.61. The van der Waals surface area contributed by atoms with Gasteiger partial charge < -0.3 is 34.0 Å². The molecule has 0 aromatic rings. The zero-order valence-electron chi connectivity index (χ0n) is 49.5. The molecule has 0 aromatic carbocycles. The summed E-state index contributed by atoms with van der Waals surface area (Å²) in [5.74, 6) is -0.304. The normalized spacial score (nSPS) is 15.3. The molecular formula is C67H113N2O7P. The second-order valence-corrected chi connectivity index (χ2v) is 22.5. The number of quaternary nitrogens is 1. The van der Waals surface area contributed by atoms with Crippen molar-refractivity contribution in [3.63, 3.8) is 0 Å². The molecule has 4 unspecified atom stereocenters. The first-order valence-electron chi connectivity index (χ1n) is 30.3. The van der Waals surface area contributed by atoms with Crippen molar-refractivity contribution in [3.8, 4) is 0 Å². The minimum Gasteiger partial charge on any atom is -0.756 e. The summed E-state index contributed by atoms with van der Waals surface area (Å²) >= 11 is 0. The minimum absolute atomic E-state index is 0.0566. The first kappa shape index (κ1) is 73.3. The first-order chi connectivity index (χ1) is 37.4. The van der Waals surface area contributed by atoms with Crippen molar-refractivity contribution in [1.82, 2.24) is 5.32 Å². The number of nitrogens with one attached hydrogen (secondary N) is 1. The van der Waals surface area contributed by atoms with E-state index < -0.39 is 32.7 Å². The standard InChI is InChI=1S/C67H113N2O7P/c1-6-8-10-12-14-16-18-20-21-22-23-24-25-26-27-28-29-30-31-32-33-34-35-36-37-38-39-40-41-42-43-44-45-46-47-48-50-52-54-56-58-60-66(71)68-64(63-76-77(73,74)75-62-61-69(3,4)5)67(72)65(70)59-57-55-53-51-49-19-17-15-13-11-9-7-2/h8,10,14-17,20-21,23-24,26-27,29-30,32-33,35-36,38-39,41-42,51,53,64-65,67,70,72H,6-7,9,11-13,18-19,22,25,28,31,34,37,40,43-50,52,54-63H2,1-5H3,(H-,68,71,73,74)/b10-8-,16-14-,17-15+,21-20-,24-23-,27-26-,30-29-,33-32-,36-35-,39-38-,42-41-,53-51+. The van der Waals surface area contributed by atoms with Crippen molar-refractivity contribution >= 4 is 13.7 Å². The summed E-state index contributed by atoms with van der Waals surface area (Å²) in [6.45, 7) is 4.24. The Kier molecular flexibility index (Phi) is 53.0. The van der Waals surface area contributed by atoms with Crippen LogP contribution < -0.4 is 10.2 Å². The number of hydrogen-bond donors (Lipinski definition) is 3. The summed E-state index contributed by atoms with van der Waals surface area (Å²) in [6, 6.07) is -1.11. The Morgan fingerprint density at radius 1 is 0.481 bits per heavy atom. The molecule has 0 aliphatic carbocycles. The summed E-state index contributed by atoms with van der Waals surface area (Å²) in [6.07, 6.45) is 82.1. The van der Waals surface area contributed by atoms with E-state index in [0.717, 1.165) is 116 Å². The summed E-state index contributed by atoms with van der Waals surface area (Å²) in [5.41, 5.74) is 0. The van der Waals surface area contributed by atoms with E-state index in [-0.39, 0.29) is 18.9 Å². The maximum atomic E-state index is 13.0. The van der Waals surface area contributed by atoms with E-state index in [1.165, 1.54) is 57.8 Å². The summed E-state index contributed by atoms with van der Waals surface area (Å²) in [5, 5.41) is 24.7. The predicted octanol–water partition coefficient (Wildman–Crippen LogP) is 17.2. The molecule has 0 aliphatic heterocycles. The molecule has 0 saturated heterocycles. The highest BCUT2D eigenvalue weighted by atomic mass is 31.2. The maximum absolute atomic E-state index is 13.0. The molecular weight excluding hydrogens is 976 g/mol. The van der Waals surface area contributed by atoms with Gasteiger partial charge in [-0.05, 0) is 128 Å². The van der Waals surface area contributed by atoms with Crippen LogP contribution >= 0.6 is 7.82 Å². The predicted molar refractivity (Wildman–Crippen MR) is 331 cm³/mol. The molecule has 0 heterocycles. The van der Waals surface area contributed by atoms with Crippen molar-refractivity contribution < 1.29 is 38.0 Å². The summed E-state index contributed by atoms with van der Waals surface area (Å²) < 4.78 is 23.2. The molecule has 77 heavy (non-hydrogen) atoms. The smallest absolute Gasteiger partial charge is 0.268 e. The van der Waals surface area contributed by atoms with Crippen LogP contribution in [0.1, 0.15) is 213 Å². The van der Waals surface area contributed by atoms with E-state index in [2.05, 4.69) is 165 Å². The average Bonchev–Trinajstić information content (AvgIpc) is 3.39.